The summed E-state index contributed by atoms with van der Waals surface area (Å²) in [5, 5.41) is 22.7. The van der Waals surface area contributed by atoms with Gasteiger partial charge < -0.3 is 14.9 Å². The molecule has 0 aliphatic carbocycles. The Hall–Kier alpha value is -3.09. The summed E-state index contributed by atoms with van der Waals surface area (Å²) in [4.78, 5) is 11.6. The first-order valence-corrected chi connectivity index (χ1v) is 6.69. The van der Waals surface area contributed by atoms with Crippen molar-refractivity contribution < 1.29 is 24.1 Å². The van der Waals surface area contributed by atoms with Crippen molar-refractivity contribution in [3.05, 3.63) is 53.8 Å². The smallest absolute Gasteiger partial charge is 0.277 e. The zero-order valence-corrected chi connectivity index (χ0v) is 12.3. The number of benzene rings is 2. The molecule has 0 radical (unpaired) electrons. The molecule has 7 heteroatoms. The van der Waals surface area contributed by atoms with Gasteiger partial charge >= 0.3 is 0 Å². The maximum atomic E-state index is 13.0. The molecule has 2 aromatic carbocycles. The van der Waals surface area contributed by atoms with Crippen LogP contribution in [-0.2, 0) is 4.79 Å². The van der Waals surface area contributed by atoms with Crippen LogP contribution in [0.15, 0.2) is 47.6 Å². The van der Waals surface area contributed by atoms with Gasteiger partial charge in [0.2, 0.25) is 0 Å². The number of rotatable bonds is 5. The van der Waals surface area contributed by atoms with Crippen LogP contribution in [0, 0.1) is 5.82 Å². The standard InChI is InChI=1S/C16H15FN2O4/c1-10(14-6-5-12(20)8-15(14)21)18-19-16(22)9-23-13-4-2-3-11(17)7-13/h2-8,20-21H,9H2,1H3,(H,19,22)/b18-10+. The van der Waals surface area contributed by atoms with E-state index in [-0.39, 0.29) is 23.9 Å². The van der Waals surface area contributed by atoms with Gasteiger partial charge in [-0.25, -0.2) is 9.82 Å². The minimum absolute atomic E-state index is 0.0772. The molecule has 2 rings (SSSR count). The molecular weight excluding hydrogens is 303 g/mol. The minimum atomic E-state index is -0.535. The Morgan fingerprint density at radius 2 is 2.04 bits per heavy atom. The number of carbonyl (C=O) groups is 1. The Bertz CT molecular complexity index is 747. The molecule has 6 nitrogen and oxygen atoms in total. The molecule has 0 heterocycles. The number of amides is 1. The van der Waals surface area contributed by atoms with Crippen molar-refractivity contribution in [3.63, 3.8) is 0 Å². The van der Waals surface area contributed by atoms with Crippen LogP contribution in [0.25, 0.3) is 0 Å². The van der Waals surface area contributed by atoms with Crippen molar-refractivity contribution in [1.29, 1.82) is 0 Å². The number of nitrogens with one attached hydrogen (secondary N) is 1. The number of phenolic OH excluding ortho intramolecular Hbond substituents is 2. The zero-order chi connectivity index (χ0) is 16.8. The lowest BCUT2D eigenvalue weighted by molar-refractivity contribution is -0.123. The highest BCUT2D eigenvalue weighted by atomic mass is 19.1. The second kappa shape index (κ2) is 7.26. The van der Waals surface area contributed by atoms with Crippen LogP contribution < -0.4 is 10.2 Å². The lowest BCUT2D eigenvalue weighted by Gasteiger charge is -2.07. The first-order chi connectivity index (χ1) is 11.0. The molecule has 3 N–H and O–H groups in total. The molecule has 0 atom stereocenters. The van der Waals surface area contributed by atoms with Gasteiger partial charge in [-0.1, -0.05) is 6.07 Å². The summed E-state index contributed by atoms with van der Waals surface area (Å²) >= 11 is 0. The molecule has 0 saturated heterocycles. The fourth-order valence-corrected chi connectivity index (χ4v) is 1.77. The number of phenols is 2. The molecule has 0 aromatic heterocycles. The molecule has 0 unspecified atom stereocenters. The van der Waals surface area contributed by atoms with Crippen LogP contribution >= 0.6 is 0 Å². The van der Waals surface area contributed by atoms with Crippen molar-refractivity contribution in [2.75, 3.05) is 6.61 Å². The predicted octanol–water partition coefficient (Wildman–Crippen LogP) is 2.16. The molecular formula is C16H15FN2O4. The van der Waals surface area contributed by atoms with E-state index in [4.69, 9.17) is 4.74 Å². The summed E-state index contributed by atoms with van der Waals surface area (Å²) in [6.45, 7) is 1.25. The number of hydrazone groups is 1. The van der Waals surface area contributed by atoms with Crippen LogP contribution in [0.2, 0.25) is 0 Å². The van der Waals surface area contributed by atoms with E-state index in [1.807, 2.05) is 0 Å². The fraction of sp³-hybridized carbons (Fsp3) is 0.125. The van der Waals surface area contributed by atoms with E-state index < -0.39 is 11.7 Å². The molecule has 23 heavy (non-hydrogen) atoms. The molecule has 2 aromatic rings. The van der Waals surface area contributed by atoms with Gasteiger partial charge in [0.05, 0.1) is 5.71 Å². The number of hydrogen-bond acceptors (Lipinski definition) is 5. The third kappa shape index (κ3) is 4.70. The third-order valence-electron chi connectivity index (χ3n) is 2.89. The lowest BCUT2D eigenvalue weighted by Crippen LogP contribution is -2.25. The average molecular weight is 318 g/mol. The molecule has 0 saturated carbocycles. The summed E-state index contributed by atoms with van der Waals surface area (Å²) in [6.07, 6.45) is 0. The van der Waals surface area contributed by atoms with Crippen molar-refractivity contribution in [3.8, 4) is 17.2 Å². The van der Waals surface area contributed by atoms with Gasteiger partial charge in [-0.05, 0) is 31.2 Å². The van der Waals surface area contributed by atoms with E-state index in [9.17, 15) is 19.4 Å². The van der Waals surface area contributed by atoms with Gasteiger partial charge in [-0.2, -0.15) is 5.10 Å². The highest BCUT2D eigenvalue weighted by Crippen LogP contribution is 2.22. The summed E-state index contributed by atoms with van der Waals surface area (Å²) in [5.41, 5.74) is 2.98. The molecule has 0 aliphatic rings. The Kier molecular flexibility index (Phi) is 5.14. The number of ether oxygens (including phenoxy) is 1. The Labute approximate surface area is 131 Å². The normalized spacial score (nSPS) is 11.1. The first-order valence-electron chi connectivity index (χ1n) is 6.69. The van der Waals surface area contributed by atoms with Gasteiger partial charge in [-0.15, -0.1) is 0 Å². The monoisotopic (exact) mass is 318 g/mol. The number of aromatic hydroxyl groups is 2. The fourth-order valence-electron chi connectivity index (χ4n) is 1.77. The van der Waals surface area contributed by atoms with E-state index in [2.05, 4.69) is 10.5 Å². The van der Waals surface area contributed by atoms with Gasteiger partial charge in [0.25, 0.3) is 5.91 Å². The highest BCUT2D eigenvalue weighted by molar-refractivity contribution is 6.01. The van der Waals surface area contributed by atoms with E-state index in [0.29, 0.717) is 11.3 Å². The van der Waals surface area contributed by atoms with Gasteiger partial charge in [-0.3, -0.25) is 4.79 Å². The molecule has 1 amide bonds. The van der Waals surface area contributed by atoms with Crippen molar-refractivity contribution in [2.24, 2.45) is 5.10 Å². The summed E-state index contributed by atoms with van der Waals surface area (Å²) in [5.74, 6) is -0.994. The molecule has 0 bridgehead atoms. The number of carbonyl (C=O) groups excluding carboxylic acids is 1. The van der Waals surface area contributed by atoms with E-state index in [0.717, 1.165) is 6.07 Å². The predicted molar refractivity (Wildman–Crippen MR) is 82.0 cm³/mol. The van der Waals surface area contributed by atoms with Crippen LogP contribution in [0.3, 0.4) is 0 Å². The second-order valence-corrected chi connectivity index (χ2v) is 4.68. The summed E-state index contributed by atoms with van der Waals surface area (Å²) in [7, 11) is 0. The lowest BCUT2D eigenvalue weighted by atomic mass is 10.1. The number of nitrogens with zero attached hydrogens (tertiary/aromatic N) is 1. The Morgan fingerprint density at radius 1 is 1.26 bits per heavy atom. The van der Waals surface area contributed by atoms with Crippen LogP contribution in [-0.4, -0.2) is 28.4 Å². The third-order valence-corrected chi connectivity index (χ3v) is 2.89. The van der Waals surface area contributed by atoms with E-state index >= 15 is 0 Å². The molecule has 0 fully saturated rings. The summed E-state index contributed by atoms with van der Waals surface area (Å²) < 4.78 is 18.1. The van der Waals surface area contributed by atoms with Gasteiger partial charge in [0.15, 0.2) is 6.61 Å². The Morgan fingerprint density at radius 3 is 2.74 bits per heavy atom. The van der Waals surface area contributed by atoms with Gasteiger partial charge in [0.1, 0.15) is 23.1 Å². The zero-order valence-electron chi connectivity index (χ0n) is 12.3. The van der Waals surface area contributed by atoms with Crippen molar-refractivity contribution >= 4 is 11.6 Å². The van der Waals surface area contributed by atoms with E-state index in [1.165, 1.54) is 36.4 Å². The average Bonchev–Trinajstić information content (AvgIpc) is 2.50. The van der Waals surface area contributed by atoms with Crippen LogP contribution in [0.5, 0.6) is 17.2 Å². The topological polar surface area (TPSA) is 91.2 Å². The quantitative estimate of drug-likeness (QED) is 0.582. The van der Waals surface area contributed by atoms with Crippen LogP contribution in [0.1, 0.15) is 12.5 Å². The SMILES string of the molecule is C/C(=N\NC(=O)COc1cccc(F)c1)c1ccc(O)cc1O. The number of halogens is 1. The number of hydrogen-bond donors (Lipinski definition) is 3. The van der Waals surface area contributed by atoms with Crippen LogP contribution in [0.4, 0.5) is 4.39 Å². The molecule has 120 valence electrons. The minimum Gasteiger partial charge on any atom is -0.508 e. The summed E-state index contributed by atoms with van der Waals surface area (Å²) in [6, 6.07) is 9.46. The van der Waals surface area contributed by atoms with Crippen molar-refractivity contribution in [2.45, 2.75) is 6.92 Å². The largest absolute Gasteiger partial charge is 0.508 e. The first kappa shape index (κ1) is 16.3. The molecule has 0 spiro atoms. The maximum absolute atomic E-state index is 13.0. The molecule has 0 aliphatic heterocycles. The maximum Gasteiger partial charge on any atom is 0.277 e. The Balaban J connectivity index is 1.92. The second-order valence-electron chi connectivity index (χ2n) is 4.68. The van der Waals surface area contributed by atoms with Crippen molar-refractivity contribution in [1.82, 2.24) is 5.43 Å². The van der Waals surface area contributed by atoms with Gasteiger partial charge in [0, 0.05) is 17.7 Å². The van der Waals surface area contributed by atoms with E-state index in [1.54, 1.807) is 6.92 Å². The highest BCUT2D eigenvalue weighted by Gasteiger charge is 2.07.